The van der Waals surface area contributed by atoms with Crippen molar-refractivity contribution in [1.82, 2.24) is 14.8 Å². The molecular weight excluding hydrogens is 448 g/mol. The number of nitrogens with zero attached hydrogens (tertiary/aromatic N) is 3. The van der Waals surface area contributed by atoms with E-state index in [0.717, 1.165) is 57.4 Å². The minimum absolute atomic E-state index is 0.0135. The molecule has 1 aliphatic heterocycles. The molecule has 2 atom stereocenters. The minimum atomic E-state index is -0.583. The molecule has 1 aromatic heterocycles. The summed E-state index contributed by atoms with van der Waals surface area (Å²) >= 11 is 1.64. The highest BCUT2D eigenvalue weighted by Crippen LogP contribution is 2.26. The van der Waals surface area contributed by atoms with E-state index in [9.17, 15) is 9.90 Å². The second-order valence-electron chi connectivity index (χ2n) is 9.22. The minimum Gasteiger partial charge on any atom is -0.491 e. The zero-order chi connectivity index (χ0) is 24.2. The number of β-amino-alcohol motifs (C(OH)–C–C–N with tert-alkyl or cyclic N) is 1. The Hall–Kier alpha value is -2.52. The normalized spacial score (nSPS) is 18.2. The number of hydrogen-bond donors (Lipinski definition) is 2. The first kappa shape index (κ1) is 24.6. The third-order valence-corrected chi connectivity index (χ3v) is 7.25. The number of fused-ring (bicyclic) bond motifs is 1. The molecule has 1 saturated heterocycles. The number of carbonyl (C=O) groups excluding carboxylic acids is 1. The fourth-order valence-electron chi connectivity index (χ4n) is 4.50. The number of aryl methyl sites for hydroxylation is 3. The van der Waals surface area contributed by atoms with Crippen molar-refractivity contribution >= 4 is 33.1 Å². The second kappa shape index (κ2) is 10.8. The summed E-state index contributed by atoms with van der Waals surface area (Å²) in [6.45, 7) is 11.7. The maximum atomic E-state index is 12.6. The average Bonchev–Trinajstić information content (AvgIpc) is 3.16. The summed E-state index contributed by atoms with van der Waals surface area (Å²) in [5.41, 5.74) is 4.03. The number of rotatable bonds is 8. The number of benzene rings is 2. The van der Waals surface area contributed by atoms with Gasteiger partial charge in [-0.25, -0.2) is 4.98 Å². The van der Waals surface area contributed by atoms with E-state index in [1.54, 1.807) is 11.3 Å². The molecule has 3 aromatic rings. The summed E-state index contributed by atoms with van der Waals surface area (Å²) in [7, 11) is 0. The van der Waals surface area contributed by atoms with E-state index < -0.39 is 6.10 Å². The summed E-state index contributed by atoms with van der Waals surface area (Å²) in [5, 5.41) is 14.7. The van der Waals surface area contributed by atoms with Crippen LogP contribution in [0, 0.1) is 20.8 Å². The number of hydrogen-bond acceptors (Lipinski definition) is 7. The van der Waals surface area contributed by atoms with Gasteiger partial charge in [0, 0.05) is 37.9 Å². The molecule has 8 heteroatoms. The van der Waals surface area contributed by atoms with Crippen LogP contribution < -0.4 is 10.1 Å². The molecule has 0 saturated carbocycles. The van der Waals surface area contributed by atoms with Gasteiger partial charge in [-0.1, -0.05) is 18.2 Å². The number of para-hydroxylation sites is 1. The van der Waals surface area contributed by atoms with Crippen molar-refractivity contribution < 1.29 is 14.6 Å². The van der Waals surface area contributed by atoms with Crippen LogP contribution in [0.15, 0.2) is 36.4 Å². The first-order valence-corrected chi connectivity index (χ1v) is 12.6. The van der Waals surface area contributed by atoms with Crippen molar-refractivity contribution in [2.45, 2.75) is 39.8 Å². The lowest BCUT2D eigenvalue weighted by Crippen LogP contribution is -2.55. The number of piperazine rings is 1. The SMILES string of the molecule is Cc1nc2ccc(OC[C@H](O)CN3CCN(CC(=O)Nc4c(C)cccc4C)C[C@H]3C)cc2s1. The molecule has 34 heavy (non-hydrogen) atoms. The van der Waals surface area contributed by atoms with Gasteiger partial charge in [-0.15, -0.1) is 11.3 Å². The summed E-state index contributed by atoms with van der Waals surface area (Å²) < 4.78 is 6.94. The molecule has 2 aromatic carbocycles. The van der Waals surface area contributed by atoms with Crippen LogP contribution in [0.4, 0.5) is 5.69 Å². The van der Waals surface area contributed by atoms with E-state index in [2.05, 4.69) is 27.0 Å². The molecule has 1 fully saturated rings. The molecule has 7 nitrogen and oxygen atoms in total. The van der Waals surface area contributed by atoms with Crippen LogP contribution in [0.25, 0.3) is 10.2 Å². The lowest BCUT2D eigenvalue weighted by atomic mass is 10.1. The third kappa shape index (κ3) is 6.13. The number of amides is 1. The smallest absolute Gasteiger partial charge is 0.238 e. The maximum absolute atomic E-state index is 12.6. The maximum Gasteiger partial charge on any atom is 0.238 e. The summed E-state index contributed by atoms with van der Waals surface area (Å²) in [5.74, 6) is 0.766. The number of ether oxygens (including phenoxy) is 1. The standard InChI is InChI=1S/C26H34N4O3S/c1-17-6-5-7-18(2)26(17)28-25(32)15-29-10-11-30(19(3)13-29)14-21(31)16-33-22-8-9-23-24(12-22)34-20(4)27-23/h5-9,12,19,21,31H,10-11,13-16H2,1-4H3,(H,28,32)/t19-,21-/m1/s1. The van der Waals surface area contributed by atoms with Gasteiger partial charge < -0.3 is 15.2 Å². The Labute approximate surface area is 205 Å². The summed E-state index contributed by atoms with van der Waals surface area (Å²) in [6.07, 6.45) is -0.583. The Morgan fingerprint density at radius 3 is 2.74 bits per heavy atom. The number of aromatic nitrogens is 1. The Morgan fingerprint density at radius 2 is 2.00 bits per heavy atom. The molecule has 0 aliphatic carbocycles. The fourth-order valence-corrected chi connectivity index (χ4v) is 5.36. The Morgan fingerprint density at radius 1 is 1.24 bits per heavy atom. The lowest BCUT2D eigenvalue weighted by molar-refractivity contribution is -0.118. The molecule has 0 unspecified atom stereocenters. The molecule has 1 aliphatic rings. The highest BCUT2D eigenvalue weighted by molar-refractivity contribution is 7.18. The number of aliphatic hydroxyl groups excluding tert-OH is 1. The van der Waals surface area contributed by atoms with Crippen LogP contribution in [-0.4, -0.2) is 77.3 Å². The molecule has 2 heterocycles. The highest BCUT2D eigenvalue weighted by atomic mass is 32.1. The van der Waals surface area contributed by atoms with Gasteiger partial charge >= 0.3 is 0 Å². The van der Waals surface area contributed by atoms with Crippen LogP contribution in [0.2, 0.25) is 0 Å². The molecule has 0 bridgehead atoms. The van der Waals surface area contributed by atoms with Gasteiger partial charge in [0.2, 0.25) is 5.91 Å². The second-order valence-corrected chi connectivity index (χ2v) is 10.5. The van der Waals surface area contributed by atoms with Crippen molar-refractivity contribution in [1.29, 1.82) is 0 Å². The topological polar surface area (TPSA) is 77.9 Å². The molecule has 2 N–H and O–H groups in total. The van der Waals surface area contributed by atoms with Crippen molar-refractivity contribution in [2.24, 2.45) is 0 Å². The van der Waals surface area contributed by atoms with Crippen molar-refractivity contribution in [3.8, 4) is 5.75 Å². The zero-order valence-electron chi connectivity index (χ0n) is 20.4. The van der Waals surface area contributed by atoms with Crippen molar-refractivity contribution in [3.05, 3.63) is 52.5 Å². The number of aliphatic hydroxyl groups is 1. The van der Waals surface area contributed by atoms with Crippen LogP contribution in [0.5, 0.6) is 5.75 Å². The summed E-state index contributed by atoms with van der Waals surface area (Å²) in [6, 6.07) is 12.1. The van der Waals surface area contributed by atoms with Gasteiger partial charge in [0.05, 0.1) is 21.8 Å². The van der Waals surface area contributed by atoms with Crippen LogP contribution in [0.3, 0.4) is 0 Å². The van der Waals surface area contributed by atoms with Gasteiger partial charge in [-0.05, 0) is 57.0 Å². The predicted molar refractivity (Wildman–Crippen MR) is 138 cm³/mol. The Balaban J connectivity index is 1.22. The van der Waals surface area contributed by atoms with Gasteiger partial charge in [0.15, 0.2) is 0 Å². The van der Waals surface area contributed by atoms with Gasteiger partial charge in [0.1, 0.15) is 18.5 Å². The Bertz CT molecular complexity index is 1130. The molecule has 4 rings (SSSR count). The first-order chi connectivity index (χ1) is 16.3. The highest BCUT2D eigenvalue weighted by Gasteiger charge is 2.26. The number of thiazole rings is 1. The van der Waals surface area contributed by atoms with Gasteiger partial charge in [-0.2, -0.15) is 0 Å². The zero-order valence-corrected chi connectivity index (χ0v) is 21.2. The summed E-state index contributed by atoms with van der Waals surface area (Å²) in [4.78, 5) is 21.5. The molecule has 1 amide bonds. The largest absolute Gasteiger partial charge is 0.491 e. The van der Waals surface area contributed by atoms with E-state index in [4.69, 9.17) is 4.74 Å². The van der Waals surface area contributed by atoms with Crippen LogP contribution in [-0.2, 0) is 4.79 Å². The number of anilines is 1. The molecule has 0 spiro atoms. The Kier molecular flexibility index (Phi) is 7.83. The lowest BCUT2D eigenvalue weighted by Gasteiger charge is -2.40. The number of nitrogens with one attached hydrogen (secondary N) is 1. The van der Waals surface area contributed by atoms with E-state index in [0.29, 0.717) is 13.1 Å². The fraction of sp³-hybridized carbons (Fsp3) is 0.462. The monoisotopic (exact) mass is 482 g/mol. The number of carbonyl (C=O) groups is 1. The van der Waals surface area contributed by atoms with E-state index >= 15 is 0 Å². The molecule has 0 radical (unpaired) electrons. The van der Waals surface area contributed by atoms with Crippen LogP contribution >= 0.6 is 11.3 Å². The molecule has 182 valence electrons. The third-order valence-electron chi connectivity index (χ3n) is 6.32. The quantitative estimate of drug-likeness (QED) is 0.511. The molecular formula is C26H34N4O3S. The van der Waals surface area contributed by atoms with Gasteiger partial charge in [0.25, 0.3) is 0 Å². The van der Waals surface area contributed by atoms with E-state index in [1.165, 1.54) is 0 Å². The van der Waals surface area contributed by atoms with Crippen molar-refractivity contribution in [2.75, 3.05) is 44.6 Å². The first-order valence-electron chi connectivity index (χ1n) is 11.8. The van der Waals surface area contributed by atoms with Gasteiger partial charge in [-0.3, -0.25) is 14.6 Å². The van der Waals surface area contributed by atoms with Crippen molar-refractivity contribution in [3.63, 3.8) is 0 Å². The predicted octanol–water partition coefficient (Wildman–Crippen LogP) is 3.61. The average molecular weight is 483 g/mol. The van der Waals surface area contributed by atoms with E-state index in [-0.39, 0.29) is 18.6 Å². The van der Waals surface area contributed by atoms with Crippen LogP contribution in [0.1, 0.15) is 23.1 Å². The van der Waals surface area contributed by atoms with E-state index in [1.807, 2.05) is 57.2 Å².